The fourth-order valence-corrected chi connectivity index (χ4v) is 4.02. The van der Waals surface area contributed by atoms with Crippen molar-refractivity contribution in [3.05, 3.63) is 35.4 Å². The van der Waals surface area contributed by atoms with Gasteiger partial charge in [-0.25, -0.2) is 0 Å². The summed E-state index contributed by atoms with van der Waals surface area (Å²) >= 11 is 0. The Bertz CT molecular complexity index is 605. The number of likely N-dealkylation sites (tertiary alicyclic amines) is 1. The number of aryl methyl sites for hydroxylation is 1. The van der Waals surface area contributed by atoms with Crippen LogP contribution in [0.1, 0.15) is 49.7 Å². The van der Waals surface area contributed by atoms with Crippen LogP contribution < -0.4 is 5.32 Å². The van der Waals surface area contributed by atoms with Gasteiger partial charge in [0.15, 0.2) is 0 Å². The van der Waals surface area contributed by atoms with Gasteiger partial charge in [-0.3, -0.25) is 9.59 Å². The van der Waals surface area contributed by atoms with E-state index in [0.29, 0.717) is 13.0 Å². The molecule has 1 aromatic carbocycles. The smallest absolute Gasteiger partial charge is 0.230 e. The Morgan fingerprint density at radius 1 is 1.30 bits per heavy atom. The van der Waals surface area contributed by atoms with Crippen LogP contribution in [0.25, 0.3) is 0 Å². The topological polar surface area (TPSA) is 49.4 Å². The summed E-state index contributed by atoms with van der Waals surface area (Å²) in [6, 6.07) is 8.44. The Labute approximate surface area is 138 Å². The summed E-state index contributed by atoms with van der Waals surface area (Å²) in [4.78, 5) is 26.5. The van der Waals surface area contributed by atoms with E-state index in [1.807, 2.05) is 13.1 Å². The van der Waals surface area contributed by atoms with E-state index in [9.17, 15) is 9.59 Å². The van der Waals surface area contributed by atoms with Gasteiger partial charge in [0.05, 0.1) is 5.41 Å². The predicted octanol–water partition coefficient (Wildman–Crippen LogP) is 2.54. The number of carbonyl (C=O) groups excluding carboxylic acids is 2. The highest BCUT2D eigenvalue weighted by molar-refractivity contribution is 5.89. The Morgan fingerprint density at radius 2 is 2.04 bits per heavy atom. The summed E-state index contributed by atoms with van der Waals surface area (Å²) in [5, 5.41) is 3.24. The highest BCUT2D eigenvalue weighted by Crippen LogP contribution is 2.41. The zero-order valence-electron chi connectivity index (χ0n) is 14.1. The van der Waals surface area contributed by atoms with Crippen LogP contribution in [0.5, 0.6) is 0 Å². The first-order valence-corrected chi connectivity index (χ1v) is 8.63. The fourth-order valence-electron chi connectivity index (χ4n) is 4.02. The number of piperidine rings is 1. The summed E-state index contributed by atoms with van der Waals surface area (Å²) < 4.78 is 0. The van der Waals surface area contributed by atoms with Crippen LogP contribution in [0.15, 0.2) is 24.3 Å². The summed E-state index contributed by atoms with van der Waals surface area (Å²) in [6.45, 7) is 2.69. The van der Waals surface area contributed by atoms with E-state index >= 15 is 0 Å². The molecule has 1 N–H and O–H groups in total. The first-order valence-electron chi connectivity index (χ1n) is 8.63. The van der Waals surface area contributed by atoms with Crippen molar-refractivity contribution in [1.82, 2.24) is 10.2 Å². The van der Waals surface area contributed by atoms with Crippen LogP contribution in [0, 0.1) is 6.92 Å². The summed E-state index contributed by atoms with van der Waals surface area (Å²) in [5.41, 5.74) is 1.96. The zero-order valence-corrected chi connectivity index (χ0v) is 14.1. The van der Waals surface area contributed by atoms with Gasteiger partial charge in [-0.05, 0) is 31.7 Å². The molecule has 124 valence electrons. The monoisotopic (exact) mass is 314 g/mol. The Kier molecular flexibility index (Phi) is 4.42. The molecule has 4 heteroatoms. The lowest BCUT2D eigenvalue weighted by molar-refractivity contribution is -0.135. The lowest BCUT2D eigenvalue weighted by Gasteiger charge is -2.34. The SMILES string of the molecule is Cc1cccc(C2(C(=O)N[C@@H]3CCC(=O)N(C)C3)CCCC2)c1. The number of rotatable bonds is 3. The van der Waals surface area contributed by atoms with Crippen LogP contribution in [0.2, 0.25) is 0 Å². The average Bonchev–Trinajstić information content (AvgIpc) is 3.02. The first kappa shape index (κ1) is 16.0. The molecule has 1 saturated carbocycles. The van der Waals surface area contributed by atoms with Gasteiger partial charge in [-0.1, -0.05) is 42.7 Å². The lowest BCUT2D eigenvalue weighted by Crippen LogP contribution is -2.53. The highest BCUT2D eigenvalue weighted by atomic mass is 16.2. The number of likely N-dealkylation sites (N-methyl/N-ethyl adjacent to an activating group) is 1. The first-order chi connectivity index (χ1) is 11.0. The Hall–Kier alpha value is -1.84. The third-order valence-electron chi connectivity index (χ3n) is 5.42. The number of amides is 2. The Balaban J connectivity index is 1.78. The standard InChI is InChI=1S/C19H26N2O2/c1-14-6-5-7-15(12-14)19(10-3-4-11-19)18(23)20-16-8-9-17(22)21(2)13-16/h5-7,12,16H,3-4,8-11,13H2,1-2H3,(H,20,23)/t16-/m1/s1. The zero-order chi connectivity index (χ0) is 16.4. The van der Waals surface area contributed by atoms with Crippen molar-refractivity contribution in [3.8, 4) is 0 Å². The molecular formula is C19H26N2O2. The normalized spacial score (nSPS) is 23.8. The van der Waals surface area contributed by atoms with E-state index in [2.05, 4.69) is 30.4 Å². The second kappa shape index (κ2) is 6.34. The molecule has 2 fully saturated rings. The minimum atomic E-state index is -0.383. The second-order valence-corrected chi connectivity index (χ2v) is 7.14. The summed E-state index contributed by atoms with van der Waals surface area (Å²) in [7, 11) is 1.81. The molecular weight excluding hydrogens is 288 g/mol. The molecule has 23 heavy (non-hydrogen) atoms. The van der Waals surface area contributed by atoms with Crippen LogP contribution >= 0.6 is 0 Å². The van der Waals surface area contributed by atoms with Crippen molar-refractivity contribution >= 4 is 11.8 Å². The van der Waals surface area contributed by atoms with Crippen LogP contribution in [-0.2, 0) is 15.0 Å². The maximum atomic E-state index is 13.1. The van der Waals surface area contributed by atoms with E-state index in [0.717, 1.165) is 37.7 Å². The molecule has 0 bridgehead atoms. The average molecular weight is 314 g/mol. The summed E-state index contributed by atoms with van der Waals surface area (Å²) in [5.74, 6) is 0.318. The van der Waals surface area contributed by atoms with E-state index in [1.165, 1.54) is 5.56 Å². The molecule has 3 rings (SSSR count). The fraction of sp³-hybridized carbons (Fsp3) is 0.579. The van der Waals surface area contributed by atoms with Gasteiger partial charge in [-0.15, -0.1) is 0 Å². The van der Waals surface area contributed by atoms with Crippen LogP contribution in [0.3, 0.4) is 0 Å². The van der Waals surface area contributed by atoms with Gasteiger partial charge in [0.1, 0.15) is 0 Å². The predicted molar refractivity (Wildman–Crippen MR) is 90.1 cm³/mol. The molecule has 2 amide bonds. The van der Waals surface area contributed by atoms with E-state index < -0.39 is 0 Å². The second-order valence-electron chi connectivity index (χ2n) is 7.14. The minimum absolute atomic E-state index is 0.0764. The molecule has 2 aliphatic rings. The highest BCUT2D eigenvalue weighted by Gasteiger charge is 2.43. The quantitative estimate of drug-likeness (QED) is 0.932. The van der Waals surface area contributed by atoms with Crippen molar-refractivity contribution in [1.29, 1.82) is 0 Å². The number of hydrogen-bond acceptors (Lipinski definition) is 2. The molecule has 1 aliphatic carbocycles. The number of hydrogen-bond donors (Lipinski definition) is 1. The molecule has 1 saturated heterocycles. The van der Waals surface area contributed by atoms with E-state index in [-0.39, 0.29) is 23.3 Å². The Morgan fingerprint density at radius 3 is 2.70 bits per heavy atom. The summed E-state index contributed by atoms with van der Waals surface area (Å²) in [6.07, 6.45) is 5.32. The van der Waals surface area contributed by atoms with Gasteiger partial charge in [0, 0.05) is 26.1 Å². The maximum absolute atomic E-state index is 13.1. The van der Waals surface area contributed by atoms with Gasteiger partial charge < -0.3 is 10.2 Å². The molecule has 0 aromatic heterocycles. The van der Waals surface area contributed by atoms with Crippen LogP contribution in [0.4, 0.5) is 0 Å². The van der Waals surface area contributed by atoms with E-state index in [4.69, 9.17) is 0 Å². The van der Waals surface area contributed by atoms with Gasteiger partial charge in [0.25, 0.3) is 0 Å². The van der Waals surface area contributed by atoms with Crippen molar-refractivity contribution in [2.24, 2.45) is 0 Å². The van der Waals surface area contributed by atoms with Crippen molar-refractivity contribution in [2.45, 2.75) is 56.9 Å². The largest absolute Gasteiger partial charge is 0.351 e. The number of carbonyl (C=O) groups is 2. The van der Waals surface area contributed by atoms with Crippen molar-refractivity contribution in [2.75, 3.05) is 13.6 Å². The molecule has 4 nitrogen and oxygen atoms in total. The molecule has 1 aliphatic heterocycles. The molecule has 0 spiro atoms. The number of nitrogens with one attached hydrogen (secondary N) is 1. The van der Waals surface area contributed by atoms with Gasteiger partial charge in [0.2, 0.25) is 11.8 Å². The van der Waals surface area contributed by atoms with Gasteiger partial charge >= 0.3 is 0 Å². The van der Waals surface area contributed by atoms with E-state index in [1.54, 1.807) is 4.90 Å². The molecule has 1 heterocycles. The molecule has 1 atom stereocenters. The minimum Gasteiger partial charge on any atom is -0.351 e. The third-order valence-corrected chi connectivity index (χ3v) is 5.42. The molecule has 1 aromatic rings. The van der Waals surface area contributed by atoms with Crippen LogP contribution in [-0.4, -0.2) is 36.3 Å². The number of nitrogens with zero attached hydrogens (tertiary/aromatic N) is 1. The lowest BCUT2D eigenvalue weighted by atomic mass is 9.77. The number of benzene rings is 1. The maximum Gasteiger partial charge on any atom is 0.230 e. The van der Waals surface area contributed by atoms with Crippen molar-refractivity contribution < 1.29 is 9.59 Å². The van der Waals surface area contributed by atoms with Crippen molar-refractivity contribution in [3.63, 3.8) is 0 Å². The third kappa shape index (κ3) is 3.12. The van der Waals surface area contributed by atoms with Gasteiger partial charge in [-0.2, -0.15) is 0 Å². The molecule has 0 radical (unpaired) electrons. The molecule has 0 unspecified atom stereocenters.